The molecule has 36 heavy (non-hydrogen) atoms. The Morgan fingerprint density at radius 2 is 1.72 bits per heavy atom. The summed E-state index contributed by atoms with van der Waals surface area (Å²) in [6.45, 7) is 8.74. The van der Waals surface area contributed by atoms with Crippen LogP contribution < -0.4 is 5.73 Å². The van der Waals surface area contributed by atoms with Crippen molar-refractivity contribution in [3.8, 4) is 11.1 Å². The second-order valence-corrected chi connectivity index (χ2v) is 9.43. The van der Waals surface area contributed by atoms with Crippen LogP contribution in [-0.2, 0) is 4.74 Å². The van der Waals surface area contributed by atoms with E-state index < -0.39 is 18.7 Å². The number of carbonyl (C=O) groups excluding carboxylic acids is 1. The first-order chi connectivity index (χ1) is 17.1. The van der Waals surface area contributed by atoms with Crippen LogP contribution in [0, 0.1) is 6.92 Å². The van der Waals surface area contributed by atoms with E-state index in [-0.39, 0.29) is 25.2 Å². The van der Waals surface area contributed by atoms with E-state index in [0.717, 1.165) is 27.9 Å². The first-order valence-electron chi connectivity index (χ1n) is 12.1. The Balaban J connectivity index is 1.76. The number of ether oxygens (including phenoxy) is 1. The monoisotopic (exact) mass is 503 g/mol. The van der Waals surface area contributed by atoms with Gasteiger partial charge in [-0.25, -0.2) is 22.9 Å². The highest BCUT2D eigenvalue weighted by Crippen LogP contribution is 2.34. The van der Waals surface area contributed by atoms with Crippen molar-refractivity contribution in [1.29, 1.82) is 0 Å². The summed E-state index contributed by atoms with van der Waals surface area (Å²) in [5, 5.41) is 0. The molecule has 3 aromatic rings. The molecular formula is C26H32F3N5O2. The van der Waals surface area contributed by atoms with Crippen LogP contribution in [0.5, 0.6) is 0 Å². The van der Waals surface area contributed by atoms with Crippen LogP contribution in [0.15, 0.2) is 36.7 Å². The van der Waals surface area contributed by atoms with Crippen LogP contribution in [0.1, 0.15) is 48.4 Å². The van der Waals surface area contributed by atoms with Crippen molar-refractivity contribution in [2.45, 2.75) is 52.6 Å². The molecular weight excluding hydrogens is 471 g/mol. The molecule has 0 aromatic carbocycles. The maximum atomic E-state index is 13.9. The van der Waals surface area contributed by atoms with Gasteiger partial charge in [-0.2, -0.15) is 0 Å². The molecule has 0 saturated carbocycles. The maximum Gasteiger partial charge on any atom is 0.338 e. The molecule has 1 saturated heterocycles. The minimum atomic E-state index is -3.03. The number of piperazine rings is 1. The van der Waals surface area contributed by atoms with Crippen LogP contribution >= 0.6 is 0 Å². The zero-order valence-corrected chi connectivity index (χ0v) is 20.9. The van der Waals surface area contributed by atoms with Gasteiger partial charge in [-0.3, -0.25) is 9.80 Å². The summed E-state index contributed by atoms with van der Waals surface area (Å²) >= 11 is 0. The second-order valence-electron chi connectivity index (χ2n) is 9.43. The molecule has 1 aliphatic heterocycles. The Bertz CT molecular complexity index is 1220. The molecule has 4 rings (SSSR count). The second kappa shape index (κ2) is 10.5. The van der Waals surface area contributed by atoms with E-state index >= 15 is 0 Å². The van der Waals surface area contributed by atoms with Crippen LogP contribution in [0.2, 0.25) is 0 Å². The van der Waals surface area contributed by atoms with E-state index in [1.54, 1.807) is 26.1 Å². The molecule has 0 spiro atoms. The molecule has 1 fully saturated rings. The first kappa shape index (κ1) is 26.0. The average Bonchev–Trinajstić information content (AvgIpc) is 3.26. The molecule has 0 bridgehead atoms. The lowest BCUT2D eigenvalue weighted by atomic mass is 9.99. The lowest BCUT2D eigenvalue weighted by Crippen LogP contribution is -2.51. The van der Waals surface area contributed by atoms with Gasteiger partial charge in [-0.15, -0.1) is 0 Å². The van der Waals surface area contributed by atoms with Crippen LogP contribution in [0.4, 0.5) is 19.0 Å². The van der Waals surface area contributed by atoms with Crippen molar-refractivity contribution in [2.75, 3.05) is 31.9 Å². The van der Waals surface area contributed by atoms with Crippen LogP contribution in [0.25, 0.3) is 16.6 Å². The number of pyridine rings is 2. The van der Waals surface area contributed by atoms with E-state index in [1.165, 1.54) is 4.90 Å². The van der Waals surface area contributed by atoms with Crippen molar-refractivity contribution in [3.05, 3.63) is 53.5 Å². The van der Waals surface area contributed by atoms with E-state index in [2.05, 4.69) is 9.88 Å². The van der Waals surface area contributed by atoms with Crippen molar-refractivity contribution in [1.82, 2.24) is 19.2 Å². The number of hydrogen-bond acceptors (Lipinski definition) is 6. The van der Waals surface area contributed by atoms with Gasteiger partial charge in [-0.05, 0) is 57.5 Å². The van der Waals surface area contributed by atoms with Gasteiger partial charge in [0.15, 0.2) is 0 Å². The Morgan fingerprint density at radius 1 is 1.06 bits per heavy atom. The first-order valence-corrected chi connectivity index (χ1v) is 12.1. The fraction of sp³-hybridized carbons (Fsp3) is 0.462. The van der Waals surface area contributed by atoms with Crippen molar-refractivity contribution >= 4 is 17.3 Å². The fourth-order valence-electron chi connectivity index (χ4n) is 4.88. The highest BCUT2D eigenvalue weighted by atomic mass is 19.3. The smallest absolute Gasteiger partial charge is 0.338 e. The number of nitrogen functional groups attached to an aromatic ring is 1. The Labute approximate surface area is 208 Å². The van der Waals surface area contributed by atoms with Crippen LogP contribution in [-0.4, -0.2) is 70.2 Å². The molecule has 3 aromatic heterocycles. The van der Waals surface area contributed by atoms with Crippen molar-refractivity contribution < 1.29 is 22.7 Å². The van der Waals surface area contributed by atoms with Crippen molar-refractivity contribution in [3.63, 3.8) is 0 Å². The highest BCUT2D eigenvalue weighted by Gasteiger charge is 2.33. The summed E-state index contributed by atoms with van der Waals surface area (Å²) in [4.78, 5) is 20.6. The number of esters is 1. The van der Waals surface area contributed by atoms with Gasteiger partial charge in [-0.1, -0.05) is 0 Å². The standard InChI is InChI=1S/C26H32F3N5O2/c1-15(2)36-26(35)20-13-21-19(18-5-6-22(30)31-14-18)7-8-34(21)23(16(20)3)17(4)32-9-11-33(12-10-32)25(29)24(27)28/h5-8,13-15,17,24-25H,9-12H2,1-4H3,(H2,30,31). The summed E-state index contributed by atoms with van der Waals surface area (Å²) in [6, 6.07) is 7.22. The summed E-state index contributed by atoms with van der Waals surface area (Å²) in [5.41, 5.74) is 10.4. The normalized spacial score (nSPS) is 17.1. The SMILES string of the molecule is Cc1c(C(=O)OC(C)C)cc2c(-c3ccc(N)nc3)ccn2c1C(C)N1CCN(C(F)C(F)F)CC1. The Kier molecular flexibility index (Phi) is 7.56. The number of hydrogen-bond donors (Lipinski definition) is 1. The highest BCUT2D eigenvalue weighted by molar-refractivity contribution is 5.95. The fourth-order valence-corrected chi connectivity index (χ4v) is 4.88. The van der Waals surface area contributed by atoms with Gasteiger partial charge in [0.25, 0.3) is 6.43 Å². The summed E-state index contributed by atoms with van der Waals surface area (Å²) < 4.78 is 47.1. The lowest BCUT2D eigenvalue weighted by molar-refractivity contribution is -0.0688. The summed E-state index contributed by atoms with van der Waals surface area (Å²) in [6.07, 6.45) is -1.93. The molecule has 0 amide bonds. The molecule has 7 nitrogen and oxygen atoms in total. The molecule has 0 radical (unpaired) electrons. The molecule has 1 aliphatic rings. The van der Waals surface area contributed by atoms with E-state index in [1.807, 2.05) is 42.6 Å². The van der Waals surface area contributed by atoms with Gasteiger partial charge in [0.2, 0.25) is 6.30 Å². The molecule has 2 atom stereocenters. The number of anilines is 1. The van der Waals surface area contributed by atoms with E-state index in [9.17, 15) is 18.0 Å². The quantitative estimate of drug-likeness (QED) is 0.372. The van der Waals surface area contributed by atoms with E-state index in [0.29, 0.717) is 24.5 Å². The van der Waals surface area contributed by atoms with Gasteiger partial charge in [0, 0.05) is 61.4 Å². The largest absolute Gasteiger partial charge is 0.459 e. The number of carbonyl (C=O) groups is 1. The zero-order valence-electron chi connectivity index (χ0n) is 20.9. The lowest BCUT2D eigenvalue weighted by Gasteiger charge is -2.39. The van der Waals surface area contributed by atoms with Gasteiger partial charge >= 0.3 is 5.97 Å². The predicted molar refractivity (Wildman–Crippen MR) is 133 cm³/mol. The Morgan fingerprint density at radius 3 is 2.31 bits per heavy atom. The Hall–Kier alpha value is -3.11. The van der Waals surface area contributed by atoms with Crippen LogP contribution in [0.3, 0.4) is 0 Å². The number of alkyl halides is 3. The minimum Gasteiger partial charge on any atom is -0.459 e. The molecule has 10 heteroatoms. The average molecular weight is 504 g/mol. The molecule has 2 N–H and O–H groups in total. The number of halogens is 3. The third-order valence-electron chi connectivity index (χ3n) is 6.76. The topological polar surface area (TPSA) is 76.1 Å². The van der Waals surface area contributed by atoms with Gasteiger partial charge in [0.1, 0.15) is 5.82 Å². The number of rotatable bonds is 7. The number of nitrogens with two attached hydrogens (primary N) is 1. The third kappa shape index (κ3) is 5.05. The van der Waals surface area contributed by atoms with Gasteiger partial charge < -0.3 is 14.9 Å². The van der Waals surface area contributed by atoms with E-state index in [4.69, 9.17) is 10.5 Å². The number of aromatic nitrogens is 2. The summed E-state index contributed by atoms with van der Waals surface area (Å²) in [5.74, 6) is -0.00169. The minimum absolute atomic E-state index is 0.171. The van der Waals surface area contributed by atoms with Crippen molar-refractivity contribution in [2.24, 2.45) is 0 Å². The third-order valence-corrected chi connectivity index (χ3v) is 6.76. The molecule has 0 aliphatic carbocycles. The maximum absolute atomic E-state index is 13.9. The zero-order chi connectivity index (χ0) is 26.1. The summed E-state index contributed by atoms with van der Waals surface area (Å²) in [7, 11) is 0. The molecule has 2 unspecified atom stereocenters. The molecule has 194 valence electrons. The predicted octanol–water partition coefficient (Wildman–Crippen LogP) is 4.70. The number of nitrogens with zero attached hydrogens (tertiary/aromatic N) is 4. The molecule has 4 heterocycles. The number of fused-ring (bicyclic) bond motifs is 1. The van der Waals surface area contributed by atoms with Gasteiger partial charge in [0.05, 0.1) is 17.2 Å².